The first-order valence-electron chi connectivity index (χ1n) is 7.89. The van der Waals surface area contributed by atoms with Gasteiger partial charge in [-0.2, -0.15) is 0 Å². The van der Waals surface area contributed by atoms with Gasteiger partial charge in [0.2, 0.25) is 0 Å². The highest BCUT2D eigenvalue weighted by molar-refractivity contribution is 9.13. The van der Waals surface area contributed by atoms with Gasteiger partial charge in [0.15, 0.2) is 0 Å². The molecule has 0 saturated heterocycles. The second kappa shape index (κ2) is 7.99. The Balaban J connectivity index is 1.82. The van der Waals surface area contributed by atoms with Gasteiger partial charge in [-0.3, -0.25) is 0 Å². The Morgan fingerprint density at radius 1 is 1.30 bits per heavy atom. The molecule has 1 fully saturated rings. The number of nitrogens with one attached hydrogen (secondary N) is 2. The van der Waals surface area contributed by atoms with E-state index in [4.69, 9.17) is 4.74 Å². The average Bonchev–Trinajstić information content (AvgIpc) is 3.25. The Labute approximate surface area is 155 Å². The van der Waals surface area contributed by atoms with Crippen molar-refractivity contribution in [2.24, 2.45) is 5.92 Å². The summed E-state index contributed by atoms with van der Waals surface area (Å²) in [5.41, 5.74) is 0.749. The number of benzene rings is 1. The summed E-state index contributed by atoms with van der Waals surface area (Å²) in [6.45, 7) is 6.98. The molecule has 0 spiro atoms. The van der Waals surface area contributed by atoms with Crippen LogP contribution in [0.4, 0.5) is 4.79 Å². The van der Waals surface area contributed by atoms with Crippen LogP contribution in [0.25, 0.3) is 0 Å². The fraction of sp³-hybridized carbons (Fsp3) is 0.588. The van der Waals surface area contributed by atoms with E-state index < -0.39 is 5.60 Å². The monoisotopic (exact) mass is 446 g/mol. The normalized spacial score (nSPS) is 16.0. The van der Waals surface area contributed by atoms with Crippen LogP contribution in [0, 0.1) is 5.92 Å². The van der Waals surface area contributed by atoms with Crippen LogP contribution in [-0.2, 0) is 11.3 Å². The molecule has 23 heavy (non-hydrogen) atoms. The van der Waals surface area contributed by atoms with E-state index in [-0.39, 0.29) is 12.1 Å². The summed E-state index contributed by atoms with van der Waals surface area (Å²) in [6, 6.07) is 6.51. The maximum absolute atomic E-state index is 11.8. The van der Waals surface area contributed by atoms with Crippen molar-refractivity contribution in [1.29, 1.82) is 0 Å². The van der Waals surface area contributed by atoms with Gasteiger partial charge in [-0.15, -0.1) is 0 Å². The molecule has 1 unspecified atom stereocenters. The lowest BCUT2D eigenvalue weighted by Gasteiger charge is -2.22. The van der Waals surface area contributed by atoms with E-state index in [2.05, 4.69) is 54.6 Å². The van der Waals surface area contributed by atoms with Gasteiger partial charge in [-0.25, -0.2) is 4.79 Å². The Hall–Kier alpha value is -0.590. The Morgan fingerprint density at radius 2 is 2.00 bits per heavy atom. The summed E-state index contributed by atoms with van der Waals surface area (Å²) in [4.78, 5) is 11.8. The van der Waals surface area contributed by atoms with Crippen molar-refractivity contribution >= 4 is 38.0 Å². The minimum absolute atomic E-state index is 0.282. The largest absolute Gasteiger partial charge is 0.444 e. The Morgan fingerprint density at radius 3 is 2.57 bits per heavy atom. The number of hydrogen-bond donors (Lipinski definition) is 2. The van der Waals surface area contributed by atoms with Crippen molar-refractivity contribution in [3.8, 4) is 0 Å². The molecule has 1 aliphatic rings. The molecule has 1 aromatic carbocycles. The number of halogens is 2. The van der Waals surface area contributed by atoms with Crippen molar-refractivity contribution in [2.45, 2.75) is 51.8 Å². The van der Waals surface area contributed by atoms with E-state index in [0.29, 0.717) is 12.5 Å². The number of carbonyl (C=O) groups excluding carboxylic acids is 1. The zero-order chi connectivity index (χ0) is 17.0. The highest BCUT2D eigenvalue weighted by atomic mass is 79.9. The SMILES string of the molecule is CC(C)(C)OC(=O)NCC(NCc1ccc(Br)c(Br)c1)C1CC1. The second-order valence-corrected chi connectivity index (χ2v) is 8.66. The van der Waals surface area contributed by atoms with Crippen molar-refractivity contribution < 1.29 is 9.53 Å². The Kier molecular flexibility index (Phi) is 6.51. The average molecular weight is 448 g/mol. The number of ether oxygens (including phenoxy) is 1. The minimum Gasteiger partial charge on any atom is -0.444 e. The smallest absolute Gasteiger partial charge is 0.407 e. The van der Waals surface area contributed by atoms with Gasteiger partial charge in [0.25, 0.3) is 0 Å². The number of amides is 1. The molecule has 0 bridgehead atoms. The lowest BCUT2D eigenvalue weighted by Crippen LogP contribution is -2.43. The molecule has 6 heteroatoms. The van der Waals surface area contributed by atoms with E-state index >= 15 is 0 Å². The lowest BCUT2D eigenvalue weighted by atomic mass is 10.1. The first-order valence-corrected chi connectivity index (χ1v) is 9.47. The van der Waals surface area contributed by atoms with E-state index in [0.717, 1.165) is 15.5 Å². The van der Waals surface area contributed by atoms with E-state index in [1.54, 1.807) is 0 Å². The summed E-state index contributed by atoms with van der Waals surface area (Å²) in [7, 11) is 0. The van der Waals surface area contributed by atoms with Gasteiger partial charge in [0.1, 0.15) is 5.60 Å². The minimum atomic E-state index is -0.462. The van der Waals surface area contributed by atoms with Crippen molar-refractivity contribution in [2.75, 3.05) is 6.54 Å². The zero-order valence-electron chi connectivity index (χ0n) is 13.8. The van der Waals surface area contributed by atoms with Crippen molar-refractivity contribution in [1.82, 2.24) is 10.6 Å². The molecular formula is C17H24Br2N2O2. The zero-order valence-corrected chi connectivity index (χ0v) is 17.0. The standard InChI is InChI=1S/C17H24Br2N2O2/c1-17(2,3)23-16(22)21-10-15(12-5-6-12)20-9-11-4-7-13(18)14(19)8-11/h4,7-8,12,15,20H,5-6,9-10H2,1-3H3,(H,21,22). The van der Waals surface area contributed by atoms with Gasteiger partial charge in [-0.05, 0) is 89.1 Å². The first kappa shape index (κ1) is 18.7. The fourth-order valence-corrected chi connectivity index (χ4v) is 2.98. The maximum atomic E-state index is 11.8. The molecule has 0 radical (unpaired) electrons. The molecule has 1 aromatic rings. The number of hydrogen-bond acceptors (Lipinski definition) is 3. The number of alkyl carbamates (subject to hydrolysis) is 1. The van der Waals surface area contributed by atoms with Crippen LogP contribution in [0.5, 0.6) is 0 Å². The maximum Gasteiger partial charge on any atom is 0.407 e. The quantitative estimate of drug-likeness (QED) is 0.669. The topological polar surface area (TPSA) is 50.4 Å². The fourth-order valence-electron chi connectivity index (χ4n) is 2.31. The first-order chi connectivity index (χ1) is 10.7. The van der Waals surface area contributed by atoms with Crippen LogP contribution < -0.4 is 10.6 Å². The number of rotatable bonds is 6. The van der Waals surface area contributed by atoms with Crippen LogP contribution in [0.1, 0.15) is 39.2 Å². The molecule has 4 nitrogen and oxygen atoms in total. The lowest BCUT2D eigenvalue weighted by molar-refractivity contribution is 0.0521. The summed E-state index contributed by atoms with van der Waals surface area (Å²) in [5, 5.41) is 6.43. The third kappa shape index (κ3) is 6.81. The molecule has 2 rings (SSSR count). The van der Waals surface area contributed by atoms with Gasteiger partial charge >= 0.3 is 6.09 Å². The van der Waals surface area contributed by atoms with E-state index in [1.165, 1.54) is 18.4 Å². The summed E-state index contributed by atoms with van der Waals surface area (Å²) < 4.78 is 7.39. The molecular weight excluding hydrogens is 424 g/mol. The highest BCUT2D eigenvalue weighted by Crippen LogP contribution is 2.32. The van der Waals surface area contributed by atoms with Crippen LogP contribution in [-0.4, -0.2) is 24.3 Å². The van der Waals surface area contributed by atoms with Crippen molar-refractivity contribution in [3.05, 3.63) is 32.7 Å². The summed E-state index contributed by atoms with van der Waals surface area (Å²) >= 11 is 7.00. The molecule has 1 aliphatic carbocycles. The van der Waals surface area contributed by atoms with Crippen LogP contribution in [0.15, 0.2) is 27.1 Å². The van der Waals surface area contributed by atoms with Crippen LogP contribution in [0.2, 0.25) is 0 Å². The molecule has 0 heterocycles. The molecule has 1 amide bonds. The van der Waals surface area contributed by atoms with E-state index in [9.17, 15) is 4.79 Å². The van der Waals surface area contributed by atoms with Crippen LogP contribution in [0.3, 0.4) is 0 Å². The highest BCUT2D eigenvalue weighted by Gasteiger charge is 2.31. The molecule has 2 N–H and O–H groups in total. The number of carbonyl (C=O) groups is 1. The predicted octanol–water partition coefficient (Wildman–Crippen LogP) is 4.60. The molecule has 1 atom stereocenters. The Bertz CT molecular complexity index is 554. The molecule has 0 aliphatic heterocycles. The molecule has 0 aromatic heterocycles. The van der Waals surface area contributed by atoms with Gasteiger partial charge < -0.3 is 15.4 Å². The van der Waals surface area contributed by atoms with Gasteiger partial charge in [0, 0.05) is 28.1 Å². The second-order valence-electron chi connectivity index (χ2n) is 6.96. The molecule has 128 valence electrons. The summed E-state index contributed by atoms with van der Waals surface area (Å²) in [5.74, 6) is 0.642. The third-order valence-electron chi connectivity index (χ3n) is 3.61. The predicted molar refractivity (Wildman–Crippen MR) is 99.4 cm³/mol. The van der Waals surface area contributed by atoms with Gasteiger partial charge in [0.05, 0.1) is 0 Å². The van der Waals surface area contributed by atoms with E-state index in [1.807, 2.05) is 26.8 Å². The van der Waals surface area contributed by atoms with Gasteiger partial charge in [-0.1, -0.05) is 6.07 Å². The molecule has 1 saturated carbocycles. The third-order valence-corrected chi connectivity index (χ3v) is 5.49. The summed E-state index contributed by atoms with van der Waals surface area (Å²) in [6.07, 6.45) is 2.09. The van der Waals surface area contributed by atoms with Crippen molar-refractivity contribution in [3.63, 3.8) is 0 Å². The van der Waals surface area contributed by atoms with Crippen LogP contribution >= 0.6 is 31.9 Å².